The normalized spacial score (nSPS) is 12.2. The molecule has 0 saturated heterocycles. The molecule has 0 aliphatic carbocycles. The smallest absolute Gasteiger partial charge is 0.306 e. The summed E-state index contributed by atoms with van der Waals surface area (Å²) in [6, 6.07) is 26.9. The van der Waals surface area contributed by atoms with Crippen molar-refractivity contribution in [1.29, 1.82) is 0 Å². The molecule has 0 aliphatic rings. The van der Waals surface area contributed by atoms with Crippen LogP contribution in [0.15, 0.2) is 78.9 Å². The number of hydrogen-bond donors (Lipinski definition) is 1. The van der Waals surface area contributed by atoms with Crippen LogP contribution in [0, 0.1) is 5.92 Å². The van der Waals surface area contributed by atoms with Gasteiger partial charge in [0.1, 0.15) is 0 Å². The van der Waals surface area contributed by atoms with Crippen LogP contribution in [0.3, 0.4) is 0 Å². The third kappa shape index (κ3) is 4.95. The molecular weight excluding hydrogens is 332 g/mol. The van der Waals surface area contributed by atoms with E-state index < -0.39 is 5.97 Å². The van der Waals surface area contributed by atoms with Gasteiger partial charge in [-0.05, 0) is 40.7 Å². The van der Waals surface area contributed by atoms with E-state index in [0.717, 1.165) is 17.5 Å². The Kier molecular flexibility index (Phi) is 6.22. The number of hydrogen-bond acceptors (Lipinski definition) is 1. The van der Waals surface area contributed by atoms with Crippen LogP contribution >= 0.6 is 0 Å². The highest BCUT2D eigenvalue weighted by atomic mass is 16.4. The molecule has 2 heteroatoms. The molecule has 0 aliphatic heterocycles. The van der Waals surface area contributed by atoms with Crippen LogP contribution in [0.25, 0.3) is 23.3 Å². The van der Waals surface area contributed by atoms with Crippen LogP contribution in [0.2, 0.25) is 0 Å². The van der Waals surface area contributed by atoms with Gasteiger partial charge in [0.2, 0.25) is 0 Å². The predicted octanol–water partition coefficient (Wildman–Crippen LogP) is 6.18. The van der Waals surface area contributed by atoms with Gasteiger partial charge in [-0.1, -0.05) is 97.9 Å². The van der Waals surface area contributed by atoms with E-state index in [2.05, 4.69) is 48.6 Å². The second-order valence-electron chi connectivity index (χ2n) is 6.77. The highest BCUT2D eigenvalue weighted by molar-refractivity contribution is 5.82. The van der Waals surface area contributed by atoms with Crippen molar-refractivity contribution in [3.63, 3.8) is 0 Å². The van der Waals surface area contributed by atoms with E-state index in [9.17, 15) is 4.79 Å². The molecule has 3 aromatic carbocycles. The molecule has 0 saturated carbocycles. The molecule has 3 aromatic rings. The minimum absolute atomic E-state index is 0.341. The average molecular weight is 356 g/mol. The maximum Gasteiger partial charge on any atom is 0.306 e. The maximum absolute atomic E-state index is 11.1. The number of carboxylic acids is 1. The highest BCUT2D eigenvalue weighted by Gasteiger charge is 2.13. The van der Waals surface area contributed by atoms with E-state index >= 15 is 0 Å². The Labute approximate surface area is 160 Å². The molecule has 2 nitrogen and oxygen atoms in total. The molecule has 0 heterocycles. The number of aryl methyl sites for hydroxylation is 1. The first-order valence-corrected chi connectivity index (χ1v) is 9.28. The second-order valence-corrected chi connectivity index (χ2v) is 6.77. The predicted molar refractivity (Wildman–Crippen MR) is 112 cm³/mol. The topological polar surface area (TPSA) is 37.3 Å². The van der Waals surface area contributed by atoms with Crippen LogP contribution in [0.5, 0.6) is 0 Å². The van der Waals surface area contributed by atoms with Gasteiger partial charge in [-0.25, -0.2) is 0 Å². The molecule has 0 spiro atoms. The molecule has 0 fully saturated rings. The lowest BCUT2D eigenvalue weighted by atomic mass is 9.91. The second kappa shape index (κ2) is 9.00. The first-order chi connectivity index (χ1) is 13.1. The van der Waals surface area contributed by atoms with Crippen LogP contribution in [0.1, 0.15) is 30.0 Å². The fourth-order valence-electron chi connectivity index (χ4n) is 3.13. The van der Waals surface area contributed by atoms with Crippen LogP contribution in [0.4, 0.5) is 0 Å². The molecule has 27 heavy (non-hydrogen) atoms. The number of carboxylic acid groups (broad SMARTS) is 1. The van der Waals surface area contributed by atoms with Gasteiger partial charge in [0.25, 0.3) is 0 Å². The quantitative estimate of drug-likeness (QED) is 0.513. The minimum Gasteiger partial charge on any atom is -0.481 e. The fraction of sp³-hybridized carbons (Fsp3) is 0.160. The van der Waals surface area contributed by atoms with E-state index in [1.54, 1.807) is 6.92 Å². The van der Waals surface area contributed by atoms with Crippen molar-refractivity contribution >= 4 is 18.1 Å². The van der Waals surface area contributed by atoms with Crippen molar-refractivity contribution in [1.82, 2.24) is 0 Å². The summed E-state index contributed by atoms with van der Waals surface area (Å²) in [6.45, 7) is 1.77. The number of carbonyl (C=O) groups is 1. The Bertz CT molecular complexity index is 926. The molecule has 0 radical (unpaired) electrons. The van der Waals surface area contributed by atoms with E-state index in [-0.39, 0.29) is 5.92 Å². The van der Waals surface area contributed by atoms with E-state index in [4.69, 9.17) is 5.11 Å². The summed E-state index contributed by atoms with van der Waals surface area (Å²) < 4.78 is 0. The van der Waals surface area contributed by atoms with Crippen molar-refractivity contribution < 1.29 is 9.90 Å². The van der Waals surface area contributed by atoms with Crippen molar-refractivity contribution in [3.8, 4) is 11.1 Å². The fourth-order valence-corrected chi connectivity index (χ4v) is 3.13. The van der Waals surface area contributed by atoms with Crippen molar-refractivity contribution in [3.05, 3.63) is 95.6 Å². The Morgan fingerprint density at radius 1 is 0.852 bits per heavy atom. The van der Waals surface area contributed by atoms with Crippen LogP contribution < -0.4 is 0 Å². The van der Waals surface area contributed by atoms with Gasteiger partial charge < -0.3 is 5.11 Å². The van der Waals surface area contributed by atoms with Gasteiger partial charge in [-0.3, -0.25) is 4.79 Å². The van der Waals surface area contributed by atoms with Crippen molar-refractivity contribution in [2.45, 2.75) is 19.8 Å². The summed E-state index contributed by atoms with van der Waals surface area (Å²) in [5.74, 6) is -1.08. The molecule has 0 aromatic heterocycles. The zero-order chi connectivity index (χ0) is 19.1. The third-order valence-corrected chi connectivity index (χ3v) is 4.79. The summed E-state index contributed by atoms with van der Waals surface area (Å²) in [5.41, 5.74) is 5.84. The summed E-state index contributed by atoms with van der Waals surface area (Å²) in [4.78, 5) is 11.1. The number of rotatable bonds is 7. The lowest BCUT2D eigenvalue weighted by Gasteiger charge is -2.13. The molecule has 0 amide bonds. The summed E-state index contributed by atoms with van der Waals surface area (Å²) in [7, 11) is 0. The molecule has 3 rings (SSSR count). The summed E-state index contributed by atoms with van der Waals surface area (Å²) in [6.07, 6.45) is 5.64. The van der Waals surface area contributed by atoms with Crippen molar-refractivity contribution in [2.75, 3.05) is 0 Å². The zero-order valence-electron chi connectivity index (χ0n) is 15.5. The van der Waals surface area contributed by atoms with Gasteiger partial charge >= 0.3 is 5.97 Å². The lowest BCUT2D eigenvalue weighted by Crippen LogP contribution is -2.10. The van der Waals surface area contributed by atoms with Gasteiger partial charge in [-0.2, -0.15) is 0 Å². The maximum atomic E-state index is 11.1. The summed E-state index contributed by atoms with van der Waals surface area (Å²) in [5, 5.41) is 9.16. The van der Waals surface area contributed by atoms with E-state index in [0.29, 0.717) is 6.42 Å². The molecule has 1 atom stereocenters. The third-order valence-electron chi connectivity index (χ3n) is 4.79. The van der Waals surface area contributed by atoms with Gasteiger partial charge in [0, 0.05) is 0 Å². The molecule has 1 N–H and O–H groups in total. The van der Waals surface area contributed by atoms with Gasteiger partial charge in [0.15, 0.2) is 0 Å². The molecule has 1 unspecified atom stereocenters. The monoisotopic (exact) mass is 356 g/mol. The summed E-state index contributed by atoms with van der Waals surface area (Å²) >= 11 is 0. The van der Waals surface area contributed by atoms with E-state index in [1.165, 1.54) is 16.7 Å². The number of benzene rings is 3. The minimum atomic E-state index is -0.737. The van der Waals surface area contributed by atoms with Crippen LogP contribution in [-0.4, -0.2) is 11.1 Å². The largest absolute Gasteiger partial charge is 0.481 e. The average Bonchev–Trinajstić information content (AvgIpc) is 2.71. The Hall–Kier alpha value is -3.13. The first kappa shape index (κ1) is 18.7. The first-order valence-electron chi connectivity index (χ1n) is 9.28. The van der Waals surface area contributed by atoms with Gasteiger partial charge in [0.05, 0.1) is 5.92 Å². The van der Waals surface area contributed by atoms with Crippen LogP contribution in [-0.2, 0) is 11.2 Å². The molecule has 136 valence electrons. The highest BCUT2D eigenvalue weighted by Crippen LogP contribution is 2.29. The Balaban J connectivity index is 1.91. The molecule has 0 bridgehead atoms. The number of aliphatic carboxylic acids is 1. The SMILES string of the molecule is CC(CCc1ccccc1-c1ccccc1C=Cc1ccccc1)C(=O)O. The van der Waals surface area contributed by atoms with Gasteiger partial charge in [-0.15, -0.1) is 0 Å². The van der Waals surface area contributed by atoms with E-state index in [1.807, 2.05) is 42.5 Å². The lowest BCUT2D eigenvalue weighted by molar-refractivity contribution is -0.141. The molecular formula is C25H24O2. The zero-order valence-corrected chi connectivity index (χ0v) is 15.5. The Morgan fingerprint density at radius 3 is 2.22 bits per heavy atom. The standard InChI is InChI=1S/C25H24O2/c1-19(25(26)27)15-17-21-11-5-7-13-23(21)24-14-8-6-12-22(24)18-16-20-9-3-2-4-10-20/h2-14,16,18-19H,15,17H2,1H3,(H,26,27). The Morgan fingerprint density at radius 2 is 1.48 bits per heavy atom. The van der Waals surface area contributed by atoms with Crippen molar-refractivity contribution in [2.24, 2.45) is 5.92 Å².